The van der Waals surface area contributed by atoms with Crippen molar-refractivity contribution in [2.75, 3.05) is 0 Å². The lowest BCUT2D eigenvalue weighted by molar-refractivity contribution is 0.552. The van der Waals surface area contributed by atoms with Gasteiger partial charge in [0.15, 0.2) is 0 Å². The van der Waals surface area contributed by atoms with E-state index in [1.54, 1.807) is 6.07 Å². The van der Waals surface area contributed by atoms with Crippen molar-refractivity contribution in [1.29, 1.82) is 5.26 Å². The third-order valence-corrected chi connectivity index (χ3v) is 4.05. The Morgan fingerprint density at radius 3 is 2.62 bits per heavy atom. The van der Waals surface area contributed by atoms with Crippen molar-refractivity contribution in [3.63, 3.8) is 0 Å². The average Bonchev–Trinajstić information content (AvgIpc) is 2.57. The summed E-state index contributed by atoms with van der Waals surface area (Å²) in [5.41, 5.74) is 0. The van der Waals surface area contributed by atoms with Crippen LogP contribution in [0.5, 0.6) is 0 Å². The maximum Gasteiger partial charge on any atom is 0.334 e. The summed E-state index contributed by atoms with van der Waals surface area (Å²) >= 11 is 0.745. The minimum Gasteiger partial charge on any atom is -0.206 e. The summed E-state index contributed by atoms with van der Waals surface area (Å²) in [4.78, 5) is -1.21. The van der Waals surface area contributed by atoms with Gasteiger partial charge in [-0.3, -0.25) is 0 Å². The lowest BCUT2D eigenvalue weighted by Crippen LogP contribution is -1.94. The minimum absolute atomic E-state index is 0.229. The molecule has 0 radical (unpaired) electrons. The van der Waals surface area contributed by atoms with Gasteiger partial charge in [0.1, 0.15) is 21.7 Å². The lowest BCUT2D eigenvalue weighted by atomic mass is 10.2. The fourth-order valence-corrected chi connectivity index (χ4v) is 3.50. The van der Waals surface area contributed by atoms with Crippen LogP contribution in [-0.4, -0.2) is 8.42 Å². The number of nitriles is 1. The molecule has 0 bridgehead atoms. The Labute approximate surface area is 93.8 Å². The summed E-state index contributed by atoms with van der Waals surface area (Å²) < 4.78 is 48.3. The molecule has 1 heterocycles. The van der Waals surface area contributed by atoms with E-state index >= 15 is 0 Å². The van der Waals surface area contributed by atoms with Crippen LogP contribution < -0.4 is 0 Å². The number of hydrogen-bond donors (Lipinski definition) is 0. The quantitative estimate of drug-likeness (QED) is 0.739. The first-order valence-corrected chi connectivity index (χ1v) is 6.21. The first-order chi connectivity index (χ1) is 7.45. The van der Waals surface area contributed by atoms with Gasteiger partial charge >= 0.3 is 10.2 Å². The maximum atomic E-state index is 13.4. The van der Waals surface area contributed by atoms with Gasteiger partial charge in [-0.2, -0.15) is 13.7 Å². The second kappa shape index (κ2) is 3.50. The van der Waals surface area contributed by atoms with Crippen LogP contribution >= 0.6 is 11.3 Å². The summed E-state index contributed by atoms with van der Waals surface area (Å²) in [5, 5.41) is 8.33. The zero-order valence-corrected chi connectivity index (χ0v) is 9.20. The van der Waals surface area contributed by atoms with Crippen LogP contribution in [0.4, 0.5) is 8.28 Å². The van der Waals surface area contributed by atoms with E-state index in [2.05, 4.69) is 0 Å². The molecule has 82 valence electrons. The first kappa shape index (κ1) is 11.0. The molecule has 0 aliphatic rings. The van der Waals surface area contributed by atoms with Crippen molar-refractivity contribution >= 4 is 31.6 Å². The monoisotopic (exact) mass is 259 g/mol. The molecule has 0 saturated heterocycles. The molecule has 0 atom stereocenters. The van der Waals surface area contributed by atoms with Crippen LogP contribution in [0.2, 0.25) is 0 Å². The highest BCUT2D eigenvalue weighted by Gasteiger charge is 2.26. The van der Waals surface area contributed by atoms with Crippen LogP contribution in [0.25, 0.3) is 10.1 Å². The van der Waals surface area contributed by atoms with Crippen molar-refractivity contribution < 1.29 is 16.7 Å². The van der Waals surface area contributed by atoms with E-state index in [1.165, 1.54) is 12.1 Å². The summed E-state index contributed by atoms with van der Waals surface area (Å²) in [6.07, 6.45) is 0. The van der Waals surface area contributed by atoms with Gasteiger partial charge in [-0.1, -0.05) is 6.07 Å². The molecule has 7 heteroatoms. The molecular weight excluding hydrogens is 256 g/mol. The predicted molar refractivity (Wildman–Crippen MR) is 54.8 cm³/mol. The highest BCUT2D eigenvalue weighted by molar-refractivity contribution is 7.87. The first-order valence-electron chi connectivity index (χ1n) is 4.01. The molecule has 2 aromatic rings. The molecule has 0 aliphatic carbocycles. The fourth-order valence-electron chi connectivity index (χ4n) is 1.39. The Hall–Kier alpha value is -1.52. The van der Waals surface area contributed by atoms with Crippen molar-refractivity contribution in [3.8, 4) is 6.07 Å². The molecule has 0 amide bonds. The Bertz CT molecular complexity index is 713. The Kier molecular flexibility index (Phi) is 2.40. The van der Waals surface area contributed by atoms with Crippen LogP contribution in [0.15, 0.2) is 23.1 Å². The van der Waals surface area contributed by atoms with Gasteiger partial charge in [0.2, 0.25) is 0 Å². The van der Waals surface area contributed by atoms with E-state index in [0.717, 1.165) is 17.4 Å². The number of halogens is 2. The number of fused-ring (bicyclic) bond motifs is 1. The second-order valence-electron chi connectivity index (χ2n) is 2.92. The van der Waals surface area contributed by atoms with E-state index in [4.69, 9.17) is 5.26 Å². The van der Waals surface area contributed by atoms with Gasteiger partial charge in [-0.15, -0.1) is 15.2 Å². The van der Waals surface area contributed by atoms with E-state index in [9.17, 15) is 16.7 Å². The summed E-state index contributed by atoms with van der Waals surface area (Å²) in [6, 6.07) is 5.36. The van der Waals surface area contributed by atoms with E-state index in [-0.39, 0.29) is 15.0 Å². The van der Waals surface area contributed by atoms with Crippen LogP contribution in [-0.2, 0) is 10.2 Å². The molecule has 0 unspecified atom stereocenters. The highest BCUT2D eigenvalue weighted by Crippen LogP contribution is 2.36. The summed E-state index contributed by atoms with van der Waals surface area (Å²) in [7, 11) is -5.10. The van der Waals surface area contributed by atoms with Crippen LogP contribution in [0, 0.1) is 17.1 Å². The van der Waals surface area contributed by atoms with Gasteiger partial charge < -0.3 is 0 Å². The molecule has 16 heavy (non-hydrogen) atoms. The zero-order chi connectivity index (χ0) is 11.9. The number of rotatable bonds is 1. The Morgan fingerprint density at radius 1 is 1.38 bits per heavy atom. The smallest absolute Gasteiger partial charge is 0.206 e. The molecule has 0 saturated carbocycles. The molecule has 3 nitrogen and oxygen atoms in total. The third-order valence-electron chi connectivity index (χ3n) is 1.97. The highest BCUT2D eigenvalue weighted by atomic mass is 32.3. The third kappa shape index (κ3) is 1.56. The van der Waals surface area contributed by atoms with Gasteiger partial charge in [0, 0.05) is 4.70 Å². The molecule has 1 aromatic carbocycles. The number of hydrogen-bond acceptors (Lipinski definition) is 4. The molecule has 0 fully saturated rings. The average molecular weight is 259 g/mol. The Balaban J connectivity index is 3.06. The number of benzene rings is 1. The van der Waals surface area contributed by atoms with Crippen molar-refractivity contribution in [2.45, 2.75) is 4.90 Å². The molecule has 0 spiro atoms. The van der Waals surface area contributed by atoms with E-state index < -0.39 is 20.9 Å². The molecule has 0 aliphatic heterocycles. The molecule has 0 N–H and O–H groups in total. The topological polar surface area (TPSA) is 57.9 Å². The predicted octanol–water partition coefficient (Wildman–Crippen LogP) is 2.57. The lowest BCUT2D eigenvalue weighted by Gasteiger charge is -1.94. The zero-order valence-electron chi connectivity index (χ0n) is 7.57. The summed E-state index contributed by atoms with van der Waals surface area (Å²) in [5.74, 6) is -0.855. The van der Waals surface area contributed by atoms with Crippen molar-refractivity contribution in [3.05, 3.63) is 28.9 Å². The van der Waals surface area contributed by atoms with E-state index in [1.807, 2.05) is 0 Å². The van der Waals surface area contributed by atoms with Crippen LogP contribution in [0.3, 0.4) is 0 Å². The fraction of sp³-hybridized carbons (Fsp3) is 0. The van der Waals surface area contributed by atoms with Gasteiger partial charge in [0.25, 0.3) is 0 Å². The maximum absolute atomic E-state index is 13.4. The minimum atomic E-state index is -5.10. The Morgan fingerprint density at radius 2 is 2.06 bits per heavy atom. The van der Waals surface area contributed by atoms with Crippen LogP contribution in [0.1, 0.15) is 4.88 Å². The standard InChI is InChI=1S/C9H3F2NO2S2/c10-5-2-1-3-6-8(5)9(16(11,13)14)7(4-12)15-6/h1-3H. The molecule has 2 rings (SSSR count). The van der Waals surface area contributed by atoms with Gasteiger partial charge in [-0.25, -0.2) is 4.39 Å². The molecule has 1 aromatic heterocycles. The molecular formula is C9H3F2NO2S2. The second-order valence-corrected chi connectivity index (χ2v) is 5.26. The number of thiophene rings is 1. The van der Waals surface area contributed by atoms with Crippen molar-refractivity contribution in [1.82, 2.24) is 0 Å². The van der Waals surface area contributed by atoms with Crippen molar-refractivity contribution in [2.24, 2.45) is 0 Å². The SMILES string of the molecule is N#Cc1sc2cccc(F)c2c1S(=O)(=O)F. The summed E-state index contributed by atoms with van der Waals surface area (Å²) in [6.45, 7) is 0. The van der Waals surface area contributed by atoms with Gasteiger partial charge in [0.05, 0.1) is 5.39 Å². The van der Waals surface area contributed by atoms with Gasteiger partial charge in [-0.05, 0) is 12.1 Å². The van der Waals surface area contributed by atoms with E-state index in [0.29, 0.717) is 0 Å². The number of nitrogens with zero attached hydrogens (tertiary/aromatic N) is 1. The largest absolute Gasteiger partial charge is 0.334 e. The normalized spacial score (nSPS) is 11.6.